The van der Waals surface area contributed by atoms with Crippen molar-refractivity contribution in [2.75, 3.05) is 5.32 Å². The number of hydrogen-bond donors (Lipinski definition) is 2. The van der Waals surface area contributed by atoms with Crippen molar-refractivity contribution in [3.63, 3.8) is 0 Å². The van der Waals surface area contributed by atoms with Crippen LogP contribution < -0.4 is 5.32 Å². The molecule has 3 rings (SSSR count). The van der Waals surface area contributed by atoms with Crippen molar-refractivity contribution in [3.8, 4) is 0 Å². The molecule has 1 aromatic carbocycles. The van der Waals surface area contributed by atoms with Crippen LogP contribution in [-0.4, -0.2) is 26.8 Å². The number of hydrogen-bond acceptors (Lipinski definition) is 3. The summed E-state index contributed by atoms with van der Waals surface area (Å²) in [5, 5.41) is 16.8. The van der Waals surface area contributed by atoms with Gasteiger partial charge in [0.2, 0.25) is 5.91 Å². The van der Waals surface area contributed by atoms with Gasteiger partial charge in [0, 0.05) is 17.3 Å². The zero-order valence-electron chi connectivity index (χ0n) is 13.4. The Balaban J connectivity index is 1.63. The van der Waals surface area contributed by atoms with Crippen molar-refractivity contribution in [2.45, 2.75) is 20.4 Å². The maximum Gasteiger partial charge on any atom is 0.307 e. The zero-order chi connectivity index (χ0) is 17.5. The molecule has 0 saturated heterocycles. The van der Waals surface area contributed by atoms with Crippen LogP contribution in [0.15, 0.2) is 36.5 Å². The predicted molar refractivity (Wildman–Crippen MR) is 89.8 cm³/mol. The Morgan fingerprint density at radius 1 is 1.25 bits per heavy atom. The summed E-state index contributed by atoms with van der Waals surface area (Å²) >= 11 is 5.86. The van der Waals surface area contributed by atoms with Gasteiger partial charge < -0.3 is 10.4 Å². The van der Waals surface area contributed by atoms with Crippen LogP contribution in [0.2, 0.25) is 5.02 Å². The first-order valence-electron chi connectivity index (χ1n) is 7.60. The first-order chi connectivity index (χ1) is 11.3. The topological polar surface area (TPSA) is 84.2 Å². The molecule has 2 atom stereocenters. The van der Waals surface area contributed by atoms with Crippen LogP contribution >= 0.6 is 11.6 Å². The third-order valence-corrected chi connectivity index (χ3v) is 4.78. The average molecular weight is 348 g/mol. The Morgan fingerprint density at radius 2 is 1.92 bits per heavy atom. The highest BCUT2D eigenvalue weighted by atomic mass is 35.5. The second kappa shape index (κ2) is 5.94. The fraction of sp³-hybridized carbons (Fsp3) is 0.353. The SMILES string of the molecule is CC1(C)[C@H](C(=O)O)[C@@H]1C(=O)Nc1ccn(Cc2ccc(Cl)cc2)n1. The number of aromatic nitrogens is 2. The van der Waals surface area contributed by atoms with Crippen LogP contribution in [0.4, 0.5) is 5.82 Å². The van der Waals surface area contributed by atoms with Crippen LogP contribution in [0.5, 0.6) is 0 Å². The van der Waals surface area contributed by atoms with Crippen molar-refractivity contribution in [1.29, 1.82) is 0 Å². The molecule has 1 aliphatic carbocycles. The summed E-state index contributed by atoms with van der Waals surface area (Å²) in [6, 6.07) is 9.13. The predicted octanol–water partition coefficient (Wildman–Crippen LogP) is 2.88. The second-order valence-electron chi connectivity index (χ2n) is 6.63. The van der Waals surface area contributed by atoms with E-state index in [0.29, 0.717) is 17.4 Å². The number of benzene rings is 1. The summed E-state index contributed by atoms with van der Waals surface area (Å²) in [5.41, 5.74) is 0.511. The van der Waals surface area contributed by atoms with Gasteiger partial charge in [-0.1, -0.05) is 37.6 Å². The summed E-state index contributed by atoms with van der Waals surface area (Å²) in [5.74, 6) is -2.00. The average Bonchev–Trinajstić information content (AvgIpc) is 2.85. The highest BCUT2D eigenvalue weighted by molar-refractivity contribution is 6.30. The molecule has 0 aliphatic heterocycles. The largest absolute Gasteiger partial charge is 0.481 e. The number of carbonyl (C=O) groups excluding carboxylic acids is 1. The van der Waals surface area contributed by atoms with Gasteiger partial charge >= 0.3 is 5.97 Å². The molecule has 0 bridgehead atoms. The van der Waals surface area contributed by atoms with Crippen molar-refractivity contribution >= 4 is 29.3 Å². The van der Waals surface area contributed by atoms with Gasteiger partial charge in [0.1, 0.15) is 0 Å². The highest BCUT2D eigenvalue weighted by Crippen LogP contribution is 2.58. The summed E-state index contributed by atoms with van der Waals surface area (Å²) in [4.78, 5) is 23.4. The molecule has 1 saturated carbocycles. The van der Waals surface area contributed by atoms with Gasteiger partial charge in [0.15, 0.2) is 5.82 Å². The van der Waals surface area contributed by atoms with E-state index >= 15 is 0 Å². The fourth-order valence-corrected chi connectivity index (χ4v) is 3.21. The summed E-state index contributed by atoms with van der Waals surface area (Å²) in [6.07, 6.45) is 1.76. The van der Waals surface area contributed by atoms with E-state index in [1.54, 1.807) is 30.8 Å². The molecule has 1 aliphatic rings. The van der Waals surface area contributed by atoms with Gasteiger partial charge in [-0.25, -0.2) is 0 Å². The molecule has 7 heteroatoms. The second-order valence-corrected chi connectivity index (χ2v) is 7.07. The van der Waals surface area contributed by atoms with Crippen molar-refractivity contribution < 1.29 is 14.7 Å². The van der Waals surface area contributed by atoms with Gasteiger partial charge in [-0.2, -0.15) is 5.10 Å². The lowest BCUT2D eigenvalue weighted by molar-refractivity contribution is -0.140. The van der Waals surface area contributed by atoms with Crippen LogP contribution in [0.1, 0.15) is 19.4 Å². The van der Waals surface area contributed by atoms with Crippen LogP contribution in [-0.2, 0) is 16.1 Å². The number of rotatable bonds is 5. The smallest absolute Gasteiger partial charge is 0.307 e. The van der Waals surface area contributed by atoms with E-state index in [-0.39, 0.29) is 5.91 Å². The fourth-order valence-electron chi connectivity index (χ4n) is 3.09. The van der Waals surface area contributed by atoms with Gasteiger partial charge in [-0.15, -0.1) is 0 Å². The molecule has 0 spiro atoms. The van der Waals surface area contributed by atoms with Gasteiger partial charge in [0.05, 0.1) is 18.4 Å². The Bertz CT molecular complexity index is 783. The maximum atomic E-state index is 12.3. The summed E-state index contributed by atoms with van der Waals surface area (Å²) in [7, 11) is 0. The molecular weight excluding hydrogens is 330 g/mol. The van der Waals surface area contributed by atoms with E-state index in [0.717, 1.165) is 5.56 Å². The number of carboxylic acids is 1. The first-order valence-corrected chi connectivity index (χ1v) is 7.98. The normalized spacial score (nSPS) is 21.3. The Kier molecular flexibility index (Phi) is 4.09. The molecule has 0 unspecified atom stereocenters. The minimum Gasteiger partial charge on any atom is -0.481 e. The van der Waals surface area contributed by atoms with Gasteiger partial charge in [0.25, 0.3) is 0 Å². The monoisotopic (exact) mass is 347 g/mol. The maximum absolute atomic E-state index is 12.3. The minimum absolute atomic E-state index is 0.302. The lowest BCUT2D eigenvalue weighted by Gasteiger charge is -2.04. The third-order valence-electron chi connectivity index (χ3n) is 4.53. The quantitative estimate of drug-likeness (QED) is 0.871. The molecule has 0 radical (unpaired) electrons. The zero-order valence-corrected chi connectivity index (χ0v) is 14.1. The number of aliphatic carboxylic acids is 1. The molecule has 1 fully saturated rings. The molecule has 2 N–H and O–H groups in total. The molecule has 1 heterocycles. The number of carboxylic acid groups (broad SMARTS) is 1. The van der Waals surface area contributed by atoms with E-state index in [1.807, 2.05) is 24.3 Å². The number of amides is 1. The Labute approximate surface area is 144 Å². The highest BCUT2D eigenvalue weighted by Gasteiger charge is 2.65. The molecule has 126 valence electrons. The number of carbonyl (C=O) groups is 2. The number of halogens is 1. The van der Waals surface area contributed by atoms with E-state index in [2.05, 4.69) is 10.4 Å². The van der Waals surface area contributed by atoms with Gasteiger partial charge in [-0.3, -0.25) is 14.3 Å². The molecule has 1 aromatic heterocycles. The summed E-state index contributed by atoms with van der Waals surface area (Å²) in [6.45, 7) is 4.13. The van der Waals surface area contributed by atoms with E-state index in [9.17, 15) is 9.59 Å². The minimum atomic E-state index is -0.937. The Morgan fingerprint density at radius 3 is 2.50 bits per heavy atom. The van der Waals surface area contributed by atoms with Crippen LogP contribution in [0, 0.1) is 17.3 Å². The first kappa shape index (κ1) is 16.5. The van der Waals surface area contributed by atoms with E-state index in [4.69, 9.17) is 16.7 Å². The molecule has 6 nitrogen and oxygen atoms in total. The van der Waals surface area contributed by atoms with Crippen molar-refractivity contribution in [2.24, 2.45) is 17.3 Å². The number of nitrogens with zero attached hydrogens (tertiary/aromatic N) is 2. The lowest BCUT2D eigenvalue weighted by Crippen LogP contribution is -2.18. The van der Waals surface area contributed by atoms with Crippen molar-refractivity contribution in [3.05, 3.63) is 47.1 Å². The number of anilines is 1. The Hall–Kier alpha value is -2.34. The van der Waals surface area contributed by atoms with E-state index in [1.165, 1.54) is 0 Å². The summed E-state index contributed by atoms with van der Waals surface area (Å²) < 4.78 is 1.70. The molecule has 2 aromatic rings. The molecule has 24 heavy (non-hydrogen) atoms. The molecule has 1 amide bonds. The van der Waals surface area contributed by atoms with Crippen LogP contribution in [0.3, 0.4) is 0 Å². The lowest BCUT2D eigenvalue weighted by atomic mass is 10.1. The third kappa shape index (κ3) is 3.14. The van der Waals surface area contributed by atoms with Crippen LogP contribution in [0.25, 0.3) is 0 Å². The number of nitrogens with one attached hydrogen (secondary N) is 1. The standard InChI is InChI=1S/C17H18ClN3O3/c1-17(2)13(14(17)16(23)24)15(22)19-12-7-8-21(20-12)9-10-3-5-11(18)6-4-10/h3-8,13-14H,9H2,1-2H3,(H,23,24)(H,19,20,22)/t13-,14+/m1/s1. The van der Waals surface area contributed by atoms with E-state index < -0.39 is 23.2 Å². The van der Waals surface area contributed by atoms with Gasteiger partial charge in [-0.05, 0) is 23.1 Å². The van der Waals surface area contributed by atoms with Crippen molar-refractivity contribution in [1.82, 2.24) is 9.78 Å². The molecular formula is C17H18ClN3O3.